The average molecular weight is 246 g/mol. The number of hydrogen-bond acceptors (Lipinski definition) is 4. The smallest absolute Gasteiger partial charge is 0.268 e. The predicted molar refractivity (Wildman–Crippen MR) is 68.5 cm³/mol. The van der Waals surface area contributed by atoms with Crippen molar-refractivity contribution in [3.63, 3.8) is 0 Å². The molecular weight excluding hydrogens is 232 g/mol. The number of hydrogen-bond donors (Lipinski definition) is 2. The molecule has 94 valence electrons. The minimum atomic E-state index is -0.254. The van der Waals surface area contributed by atoms with Gasteiger partial charge in [-0.3, -0.25) is 14.7 Å². The van der Waals surface area contributed by atoms with Gasteiger partial charge in [0.05, 0.1) is 6.54 Å². The summed E-state index contributed by atoms with van der Waals surface area (Å²) in [7, 11) is 0. The summed E-state index contributed by atoms with van der Waals surface area (Å²) in [6.45, 7) is 3.54. The van der Waals surface area contributed by atoms with Crippen LogP contribution in [0.1, 0.15) is 16.7 Å². The molecule has 0 fully saturated rings. The molecule has 0 saturated carbocycles. The molecule has 6 nitrogen and oxygen atoms in total. The molecule has 0 atom stereocenters. The van der Waals surface area contributed by atoms with Crippen molar-refractivity contribution in [2.24, 2.45) is 0 Å². The quantitative estimate of drug-likeness (QED) is 0.790. The molecule has 0 aliphatic carbocycles. The van der Waals surface area contributed by atoms with Gasteiger partial charge in [-0.05, 0) is 25.5 Å². The summed E-state index contributed by atoms with van der Waals surface area (Å²) in [5, 5.41) is 2.54. The van der Waals surface area contributed by atoms with E-state index < -0.39 is 0 Å². The van der Waals surface area contributed by atoms with Crippen LogP contribution in [0.4, 0.5) is 5.82 Å². The van der Waals surface area contributed by atoms with Crippen LogP contribution < -0.4 is 16.9 Å². The number of aromatic amines is 1. The first kappa shape index (κ1) is 12.1. The van der Waals surface area contributed by atoms with Gasteiger partial charge in [-0.25, -0.2) is 9.67 Å². The van der Waals surface area contributed by atoms with Crippen LogP contribution >= 0.6 is 0 Å². The minimum Gasteiger partial charge on any atom is -0.384 e. The van der Waals surface area contributed by atoms with Crippen molar-refractivity contribution in [3.8, 4) is 0 Å². The zero-order valence-corrected chi connectivity index (χ0v) is 10.2. The number of anilines is 1. The average Bonchev–Trinajstić information content (AvgIpc) is 2.36. The molecule has 3 N–H and O–H groups in total. The van der Waals surface area contributed by atoms with E-state index in [2.05, 4.69) is 10.1 Å². The van der Waals surface area contributed by atoms with Gasteiger partial charge in [0, 0.05) is 17.3 Å². The summed E-state index contributed by atoms with van der Waals surface area (Å²) in [5.74, 6) is 0.416. The molecule has 0 spiro atoms. The highest BCUT2D eigenvalue weighted by atomic mass is 16.2. The van der Waals surface area contributed by atoms with E-state index in [9.17, 15) is 9.59 Å². The van der Waals surface area contributed by atoms with E-state index in [1.165, 1.54) is 4.68 Å². The molecule has 6 heteroatoms. The van der Waals surface area contributed by atoms with Crippen molar-refractivity contribution in [1.29, 1.82) is 0 Å². The number of aromatic nitrogens is 3. The van der Waals surface area contributed by atoms with Crippen LogP contribution in [-0.4, -0.2) is 14.8 Å². The van der Waals surface area contributed by atoms with Gasteiger partial charge in [0.15, 0.2) is 0 Å². The Kier molecular flexibility index (Phi) is 3.01. The Balaban J connectivity index is 2.44. The topological polar surface area (TPSA) is 93.8 Å². The molecule has 0 saturated heterocycles. The van der Waals surface area contributed by atoms with E-state index >= 15 is 0 Å². The number of nitrogens with two attached hydrogens (primary N) is 1. The van der Waals surface area contributed by atoms with E-state index in [1.807, 2.05) is 0 Å². The summed E-state index contributed by atoms with van der Waals surface area (Å²) in [4.78, 5) is 27.5. The highest BCUT2D eigenvalue weighted by molar-refractivity contribution is 5.29. The Morgan fingerprint density at radius 1 is 1.28 bits per heavy atom. The number of nitrogens with one attached hydrogen (secondary N) is 1. The number of nitrogens with zero attached hydrogens (tertiary/aromatic N) is 2. The fraction of sp³-hybridized carbons (Fsp3) is 0.250. The van der Waals surface area contributed by atoms with Crippen molar-refractivity contribution in [3.05, 3.63) is 55.7 Å². The summed E-state index contributed by atoms with van der Waals surface area (Å²) < 4.78 is 1.28. The second kappa shape index (κ2) is 4.48. The van der Waals surface area contributed by atoms with Crippen LogP contribution in [-0.2, 0) is 6.54 Å². The van der Waals surface area contributed by atoms with Crippen molar-refractivity contribution in [2.45, 2.75) is 20.4 Å². The molecule has 0 aromatic carbocycles. The van der Waals surface area contributed by atoms with Gasteiger partial charge in [0.25, 0.3) is 11.1 Å². The molecule has 0 aliphatic rings. The highest BCUT2D eigenvalue weighted by Crippen LogP contribution is 2.02. The van der Waals surface area contributed by atoms with Crippen molar-refractivity contribution >= 4 is 5.82 Å². The van der Waals surface area contributed by atoms with Crippen LogP contribution in [0.5, 0.6) is 0 Å². The van der Waals surface area contributed by atoms with Gasteiger partial charge < -0.3 is 5.73 Å². The first-order chi connectivity index (χ1) is 8.49. The Labute approximate surface area is 103 Å². The second-order valence-electron chi connectivity index (χ2n) is 4.17. The van der Waals surface area contributed by atoms with Crippen molar-refractivity contribution < 1.29 is 0 Å². The largest absolute Gasteiger partial charge is 0.384 e. The zero-order chi connectivity index (χ0) is 13.3. The third kappa shape index (κ3) is 2.17. The first-order valence-electron chi connectivity index (χ1n) is 5.50. The number of rotatable bonds is 2. The summed E-state index contributed by atoms with van der Waals surface area (Å²) in [5.41, 5.74) is 6.73. The number of H-pyrrole nitrogens is 1. The van der Waals surface area contributed by atoms with Crippen LogP contribution in [0.15, 0.2) is 27.9 Å². The van der Waals surface area contributed by atoms with Gasteiger partial charge in [0.2, 0.25) is 0 Å². The Bertz CT molecular complexity index is 683. The molecular formula is C12H14N4O2. The lowest BCUT2D eigenvalue weighted by atomic mass is 10.2. The first-order valence-corrected chi connectivity index (χ1v) is 5.50. The molecule has 2 rings (SSSR count). The van der Waals surface area contributed by atoms with Gasteiger partial charge in [-0.2, -0.15) is 0 Å². The molecule has 0 unspecified atom stereocenters. The molecule has 0 radical (unpaired) electrons. The lowest BCUT2D eigenvalue weighted by Crippen LogP contribution is -2.33. The van der Waals surface area contributed by atoms with E-state index in [0.29, 0.717) is 16.9 Å². The molecule has 2 aromatic heterocycles. The van der Waals surface area contributed by atoms with Gasteiger partial charge >= 0.3 is 0 Å². The lowest BCUT2D eigenvalue weighted by Gasteiger charge is -2.08. The van der Waals surface area contributed by atoms with E-state index in [1.54, 1.807) is 32.2 Å². The van der Waals surface area contributed by atoms with Crippen LogP contribution in [0.2, 0.25) is 0 Å². The maximum atomic E-state index is 12.0. The van der Waals surface area contributed by atoms with Crippen LogP contribution in [0, 0.1) is 13.8 Å². The molecule has 2 aromatic rings. The monoisotopic (exact) mass is 246 g/mol. The molecule has 2 heterocycles. The normalized spacial score (nSPS) is 10.6. The van der Waals surface area contributed by atoms with Crippen molar-refractivity contribution in [2.75, 3.05) is 5.73 Å². The van der Waals surface area contributed by atoms with Gasteiger partial charge in [-0.1, -0.05) is 6.07 Å². The second-order valence-corrected chi connectivity index (χ2v) is 4.17. The van der Waals surface area contributed by atoms with Crippen molar-refractivity contribution in [1.82, 2.24) is 14.8 Å². The number of nitrogen functional groups attached to an aromatic ring is 1. The molecule has 0 aliphatic heterocycles. The fourth-order valence-corrected chi connectivity index (χ4v) is 1.61. The number of pyridine rings is 1. The van der Waals surface area contributed by atoms with E-state index in [4.69, 9.17) is 5.73 Å². The predicted octanol–water partition coefficient (Wildman–Crippen LogP) is 0.179. The summed E-state index contributed by atoms with van der Waals surface area (Å²) in [6.07, 6.45) is 1.58. The SMILES string of the molecule is Cc1c(C)c(=O)n(Cc2ccc(N)nc2)[nH]c1=O. The Morgan fingerprint density at radius 3 is 2.61 bits per heavy atom. The zero-order valence-electron chi connectivity index (χ0n) is 10.2. The van der Waals surface area contributed by atoms with Crippen LogP contribution in [0.3, 0.4) is 0 Å². The molecule has 0 bridgehead atoms. The third-order valence-electron chi connectivity index (χ3n) is 2.89. The maximum absolute atomic E-state index is 12.0. The third-order valence-corrected chi connectivity index (χ3v) is 2.89. The Morgan fingerprint density at radius 2 is 2.00 bits per heavy atom. The summed E-state index contributed by atoms with van der Waals surface area (Å²) >= 11 is 0. The fourth-order valence-electron chi connectivity index (χ4n) is 1.61. The Hall–Kier alpha value is -2.37. The van der Waals surface area contributed by atoms with E-state index in [-0.39, 0.29) is 17.7 Å². The van der Waals surface area contributed by atoms with E-state index in [0.717, 1.165) is 5.56 Å². The highest BCUT2D eigenvalue weighted by Gasteiger charge is 2.07. The summed E-state index contributed by atoms with van der Waals surface area (Å²) in [6, 6.07) is 3.42. The standard InChI is InChI=1S/C12H14N4O2/c1-7-8(2)12(18)16(15-11(7)17)6-9-3-4-10(13)14-5-9/h3-5H,6H2,1-2H3,(H2,13,14)(H,15,17). The van der Waals surface area contributed by atoms with Gasteiger partial charge in [0.1, 0.15) is 5.82 Å². The van der Waals surface area contributed by atoms with Crippen LogP contribution in [0.25, 0.3) is 0 Å². The lowest BCUT2D eigenvalue weighted by molar-refractivity contribution is 0.617. The maximum Gasteiger partial charge on any atom is 0.268 e. The molecule has 0 amide bonds. The minimum absolute atomic E-state index is 0.205. The van der Waals surface area contributed by atoms with Gasteiger partial charge in [-0.15, -0.1) is 0 Å². The molecule has 18 heavy (non-hydrogen) atoms.